The number of aliphatic hydroxyl groups excluding tert-OH is 1. The summed E-state index contributed by atoms with van der Waals surface area (Å²) in [5, 5.41) is 27.6. The molecule has 11 heteroatoms. The van der Waals surface area contributed by atoms with Crippen LogP contribution in [0.15, 0.2) is 48.7 Å². The van der Waals surface area contributed by atoms with Gasteiger partial charge >= 0.3 is 0 Å². The number of anilines is 2. The lowest BCUT2D eigenvalue weighted by molar-refractivity contribution is -0.142. The Bertz CT molecular complexity index is 1030. The maximum absolute atomic E-state index is 13.3. The van der Waals surface area contributed by atoms with Gasteiger partial charge in [0, 0.05) is 11.9 Å². The van der Waals surface area contributed by atoms with Gasteiger partial charge in [-0.25, -0.2) is 10.5 Å². The van der Waals surface area contributed by atoms with Gasteiger partial charge in [0.05, 0.1) is 6.61 Å². The highest BCUT2D eigenvalue weighted by Gasteiger charge is 2.38. The highest BCUT2D eigenvalue weighted by Crippen LogP contribution is 2.22. The summed E-state index contributed by atoms with van der Waals surface area (Å²) < 4.78 is 5.73. The summed E-state index contributed by atoms with van der Waals surface area (Å²) in [4.78, 5) is 42.4. The molecule has 38 heavy (non-hydrogen) atoms. The lowest BCUT2D eigenvalue weighted by Gasteiger charge is -2.32. The molecule has 2 aromatic rings. The van der Waals surface area contributed by atoms with Crippen molar-refractivity contribution in [1.82, 2.24) is 15.8 Å². The normalized spacial score (nSPS) is 13.5. The number of aromatic nitrogens is 1. The number of hydrogen-bond acceptors (Lipinski definition) is 8. The molecular weight excluding hydrogens is 490 g/mol. The van der Waals surface area contributed by atoms with Crippen molar-refractivity contribution in [3.8, 4) is 5.75 Å². The van der Waals surface area contributed by atoms with E-state index in [2.05, 4.69) is 27.9 Å². The average Bonchev–Trinajstić information content (AvgIpc) is 2.89. The van der Waals surface area contributed by atoms with E-state index < -0.39 is 41.3 Å². The van der Waals surface area contributed by atoms with Crippen LogP contribution in [-0.2, 0) is 14.4 Å². The number of carbonyl (C=O) groups excluding carboxylic acids is 3. The molecule has 1 aromatic carbocycles. The van der Waals surface area contributed by atoms with E-state index in [1.54, 1.807) is 63.2 Å². The lowest BCUT2D eigenvalue weighted by atomic mass is 9.85. The Kier molecular flexibility index (Phi) is 12.0. The van der Waals surface area contributed by atoms with Crippen LogP contribution in [0.25, 0.3) is 0 Å². The molecule has 2 rings (SSSR count). The fourth-order valence-electron chi connectivity index (χ4n) is 3.59. The second kappa shape index (κ2) is 14.9. The molecule has 6 N–H and O–H groups in total. The SMILES string of the molecule is CCCCCCOc1ccc(NC(C(=O)NC(C(=O)Nc2ccccn2)C(C)(C)C)C(O)C(=O)NO)cc1. The van der Waals surface area contributed by atoms with Crippen molar-refractivity contribution in [1.29, 1.82) is 0 Å². The first-order valence-electron chi connectivity index (χ1n) is 12.7. The molecule has 0 saturated carbocycles. The third-order valence-electron chi connectivity index (χ3n) is 5.75. The van der Waals surface area contributed by atoms with Crippen molar-refractivity contribution in [2.45, 2.75) is 71.6 Å². The molecule has 0 aliphatic heterocycles. The Hall–Kier alpha value is -3.70. The van der Waals surface area contributed by atoms with E-state index in [9.17, 15) is 19.5 Å². The number of nitrogens with one attached hydrogen (secondary N) is 4. The predicted octanol–water partition coefficient (Wildman–Crippen LogP) is 2.86. The summed E-state index contributed by atoms with van der Waals surface area (Å²) in [5.74, 6) is -1.59. The smallest absolute Gasteiger partial charge is 0.274 e. The molecule has 0 aliphatic rings. The molecule has 1 heterocycles. The summed E-state index contributed by atoms with van der Waals surface area (Å²) in [6, 6.07) is 9.12. The van der Waals surface area contributed by atoms with Crippen molar-refractivity contribution in [2.24, 2.45) is 5.41 Å². The quantitative estimate of drug-likeness (QED) is 0.124. The van der Waals surface area contributed by atoms with Crippen molar-refractivity contribution in [3.63, 3.8) is 0 Å². The molecule has 11 nitrogen and oxygen atoms in total. The van der Waals surface area contributed by atoms with Gasteiger partial charge in [0.1, 0.15) is 23.7 Å². The fraction of sp³-hybridized carbons (Fsp3) is 0.481. The zero-order valence-electron chi connectivity index (χ0n) is 22.4. The van der Waals surface area contributed by atoms with E-state index >= 15 is 0 Å². The van der Waals surface area contributed by atoms with Crippen LogP contribution in [0.5, 0.6) is 5.75 Å². The van der Waals surface area contributed by atoms with Gasteiger partial charge in [0.25, 0.3) is 5.91 Å². The number of rotatable bonds is 14. The van der Waals surface area contributed by atoms with E-state index in [1.807, 2.05) is 0 Å². The summed E-state index contributed by atoms with van der Waals surface area (Å²) in [6.45, 7) is 8.01. The molecule has 0 fully saturated rings. The van der Waals surface area contributed by atoms with Crippen molar-refractivity contribution < 1.29 is 29.4 Å². The number of aliphatic hydroxyl groups is 1. The number of carbonyl (C=O) groups is 3. The standard InChI is InChI=1S/C27H39N5O6/c1-5-6-7-10-17-38-19-14-12-18(13-15-19)29-21(22(33)25(35)32-37)24(34)31-23(27(2,3)4)26(36)30-20-11-8-9-16-28-20/h8-9,11-16,21-23,29,33,37H,5-7,10,17H2,1-4H3,(H,31,34)(H,32,35)(H,28,30,36). The first-order chi connectivity index (χ1) is 18.1. The number of pyridine rings is 1. The van der Waals surface area contributed by atoms with Crippen molar-refractivity contribution in [2.75, 3.05) is 17.2 Å². The van der Waals surface area contributed by atoms with Gasteiger partial charge in [-0.05, 0) is 48.2 Å². The second-order valence-corrected chi connectivity index (χ2v) is 9.99. The van der Waals surface area contributed by atoms with Crippen LogP contribution in [0.3, 0.4) is 0 Å². The maximum Gasteiger partial charge on any atom is 0.274 e. The maximum atomic E-state index is 13.3. The molecule has 0 saturated heterocycles. The molecule has 0 spiro atoms. The molecule has 208 valence electrons. The van der Waals surface area contributed by atoms with Gasteiger partial charge in [-0.3, -0.25) is 19.6 Å². The molecule has 0 radical (unpaired) electrons. The van der Waals surface area contributed by atoms with E-state index in [-0.39, 0.29) is 0 Å². The van der Waals surface area contributed by atoms with E-state index in [4.69, 9.17) is 9.94 Å². The molecule has 0 bridgehead atoms. The largest absolute Gasteiger partial charge is 0.494 e. The summed E-state index contributed by atoms with van der Waals surface area (Å²) in [6.07, 6.45) is 3.89. The van der Waals surface area contributed by atoms with Crippen molar-refractivity contribution >= 4 is 29.2 Å². The van der Waals surface area contributed by atoms with E-state index in [1.165, 1.54) is 11.7 Å². The van der Waals surface area contributed by atoms with Crippen molar-refractivity contribution in [3.05, 3.63) is 48.7 Å². The molecule has 0 aliphatic carbocycles. The second-order valence-electron chi connectivity index (χ2n) is 9.99. The van der Waals surface area contributed by atoms with Crippen LogP contribution in [-0.4, -0.2) is 57.8 Å². The predicted molar refractivity (Wildman–Crippen MR) is 144 cm³/mol. The highest BCUT2D eigenvalue weighted by molar-refractivity contribution is 5.99. The number of nitrogens with zero attached hydrogens (tertiary/aromatic N) is 1. The van der Waals surface area contributed by atoms with Gasteiger partial charge in [-0.15, -0.1) is 0 Å². The van der Waals surface area contributed by atoms with E-state index in [0.717, 1.165) is 25.7 Å². The zero-order chi connectivity index (χ0) is 28.1. The third-order valence-corrected chi connectivity index (χ3v) is 5.75. The summed E-state index contributed by atoms with van der Waals surface area (Å²) in [7, 11) is 0. The fourth-order valence-corrected chi connectivity index (χ4v) is 3.59. The van der Waals surface area contributed by atoms with Gasteiger partial charge in [-0.1, -0.05) is 53.0 Å². The van der Waals surface area contributed by atoms with Gasteiger partial charge in [0.15, 0.2) is 6.10 Å². The Morgan fingerprint density at radius 3 is 2.26 bits per heavy atom. The van der Waals surface area contributed by atoms with Crippen LogP contribution in [0.1, 0.15) is 53.4 Å². The Morgan fingerprint density at radius 1 is 0.974 bits per heavy atom. The first kappa shape index (κ1) is 30.5. The molecule has 3 atom stereocenters. The van der Waals surface area contributed by atoms with Crippen LogP contribution >= 0.6 is 0 Å². The minimum atomic E-state index is -1.96. The Morgan fingerprint density at radius 2 is 1.68 bits per heavy atom. The Balaban J connectivity index is 2.16. The highest BCUT2D eigenvalue weighted by atomic mass is 16.5. The number of benzene rings is 1. The van der Waals surface area contributed by atoms with Gasteiger partial charge < -0.3 is 25.8 Å². The van der Waals surface area contributed by atoms with Crippen LogP contribution in [0, 0.1) is 5.41 Å². The molecule has 3 amide bonds. The molecule has 3 unspecified atom stereocenters. The van der Waals surface area contributed by atoms with Crippen LogP contribution in [0.2, 0.25) is 0 Å². The van der Waals surface area contributed by atoms with E-state index in [0.29, 0.717) is 23.9 Å². The summed E-state index contributed by atoms with van der Waals surface area (Å²) in [5.41, 5.74) is 1.03. The summed E-state index contributed by atoms with van der Waals surface area (Å²) >= 11 is 0. The minimum Gasteiger partial charge on any atom is -0.494 e. The number of ether oxygens (including phenoxy) is 1. The van der Waals surface area contributed by atoms with Crippen LogP contribution < -0.4 is 26.2 Å². The average molecular weight is 530 g/mol. The number of hydroxylamine groups is 1. The molecular formula is C27H39N5O6. The Labute approximate surface area is 223 Å². The topological polar surface area (TPSA) is 162 Å². The van der Waals surface area contributed by atoms with Crippen LogP contribution in [0.4, 0.5) is 11.5 Å². The minimum absolute atomic E-state index is 0.308. The zero-order valence-corrected chi connectivity index (χ0v) is 22.4. The lowest BCUT2D eigenvalue weighted by Crippen LogP contribution is -2.59. The van der Waals surface area contributed by atoms with Gasteiger partial charge in [-0.2, -0.15) is 0 Å². The number of unbranched alkanes of at least 4 members (excludes halogenated alkanes) is 3. The first-order valence-corrected chi connectivity index (χ1v) is 12.7. The monoisotopic (exact) mass is 529 g/mol. The van der Waals surface area contributed by atoms with Gasteiger partial charge in [0.2, 0.25) is 11.8 Å². The number of hydrogen-bond donors (Lipinski definition) is 6. The third kappa shape index (κ3) is 9.64. The molecule has 1 aromatic heterocycles. The number of amides is 3.